The van der Waals surface area contributed by atoms with E-state index in [2.05, 4.69) is 10.3 Å². The highest BCUT2D eigenvalue weighted by Gasteiger charge is 2.10. The number of anilines is 1. The van der Waals surface area contributed by atoms with Crippen LogP contribution in [0, 0.1) is 5.82 Å². The number of nitrogens with two attached hydrogens (primary N) is 1. The lowest BCUT2D eigenvalue weighted by Crippen LogP contribution is -2.18. The molecule has 0 aliphatic heterocycles. The Morgan fingerprint density at radius 3 is 2.70 bits per heavy atom. The summed E-state index contributed by atoms with van der Waals surface area (Å²) in [5.74, 6) is -1.09. The number of aromatic amines is 1. The zero-order valence-corrected chi connectivity index (χ0v) is 11.0. The van der Waals surface area contributed by atoms with Gasteiger partial charge in [0, 0.05) is 17.3 Å². The van der Waals surface area contributed by atoms with Crippen molar-refractivity contribution in [2.45, 2.75) is 0 Å². The molecule has 1 amide bonds. The minimum atomic E-state index is -0.566. The van der Waals surface area contributed by atoms with Gasteiger partial charge >= 0.3 is 0 Å². The summed E-state index contributed by atoms with van der Waals surface area (Å²) in [5, 5.41) is 2.52. The van der Waals surface area contributed by atoms with Gasteiger partial charge < -0.3 is 16.0 Å². The van der Waals surface area contributed by atoms with Crippen molar-refractivity contribution in [1.82, 2.24) is 4.98 Å². The molecule has 0 saturated heterocycles. The van der Waals surface area contributed by atoms with Gasteiger partial charge in [-0.05, 0) is 24.3 Å². The first-order valence-electron chi connectivity index (χ1n) is 5.57. The van der Waals surface area contributed by atoms with E-state index in [-0.39, 0.29) is 21.8 Å². The van der Waals surface area contributed by atoms with Gasteiger partial charge in [0.15, 0.2) is 0 Å². The van der Waals surface area contributed by atoms with Crippen LogP contribution in [0.2, 0.25) is 0 Å². The fourth-order valence-corrected chi connectivity index (χ4v) is 1.73. The smallest absolute Gasteiger partial charge is 0.272 e. The molecule has 1 aromatic heterocycles. The summed E-state index contributed by atoms with van der Waals surface area (Å²) in [5.41, 5.74) is 5.45. The van der Waals surface area contributed by atoms with Crippen molar-refractivity contribution in [3.63, 3.8) is 0 Å². The van der Waals surface area contributed by atoms with E-state index in [0.717, 1.165) is 6.07 Å². The zero-order chi connectivity index (χ0) is 14.7. The number of carbonyl (C=O) groups is 1. The van der Waals surface area contributed by atoms with Crippen LogP contribution in [-0.2, 0) is 0 Å². The Bertz CT molecular complexity index is 742. The number of pyridine rings is 1. The molecule has 0 radical (unpaired) electrons. The van der Waals surface area contributed by atoms with Crippen LogP contribution in [0.5, 0.6) is 0 Å². The van der Waals surface area contributed by atoms with Crippen molar-refractivity contribution in [1.29, 1.82) is 0 Å². The van der Waals surface area contributed by atoms with Crippen LogP contribution >= 0.6 is 12.2 Å². The molecule has 7 heteroatoms. The Labute approximate surface area is 118 Å². The number of nitrogens with one attached hydrogen (secondary N) is 2. The van der Waals surface area contributed by atoms with E-state index in [1.165, 1.54) is 30.3 Å². The zero-order valence-electron chi connectivity index (χ0n) is 10.1. The third-order valence-corrected chi connectivity index (χ3v) is 2.72. The van der Waals surface area contributed by atoms with E-state index in [1.807, 2.05) is 0 Å². The number of carbonyl (C=O) groups excluding carboxylic acids is 1. The molecule has 102 valence electrons. The second kappa shape index (κ2) is 5.62. The summed E-state index contributed by atoms with van der Waals surface area (Å²) in [4.78, 5) is 25.3. The van der Waals surface area contributed by atoms with Gasteiger partial charge in [0.1, 0.15) is 16.5 Å². The molecule has 0 bridgehead atoms. The molecule has 2 rings (SSSR count). The van der Waals surface area contributed by atoms with Crippen LogP contribution in [-0.4, -0.2) is 15.9 Å². The van der Waals surface area contributed by atoms with Gasteiger partial charge in [-0.1, -0.05) is 18.3 Å². The van der Waals surface area contributed by atoms with Gasteiger partial charge in [0.25, 0.3) is 5.91 Å². The number of benzene rings is 1. The van der Waals surface area contributed by atoms with E-state index >= 15 is 0 Å². The molecule has 0 spiro atoms. The quantitative estimate of drug-likeness (QED) is 0.746. The van der Waals surface area contributed by atoms with Crippen molar-refractivity contribution in [3.05, 3.63) is 63.8 Å². The molecule has 0 aliphatic carbocycles. The Kier molecular flexibility index (Phi) is 3.90. The molecular weight excluding hydrogens is 281 g/mol. The normalized spacial score (nSPS) is 10.1. The van der Waals surface area contributed by atoms with Crippen LogP contribution in [0.15, 0.2) is 41.2 Å². The predicted molar refractivity (Wildman–Crippen MR) is 77.3 cm³/mol. The fourth-order valence-electron chi connectivity index (χ4n) is 1.57. The van der Waals surface area contributed by atoms with Gasteiger partial charge in [0.2, 0.25) is 5.56 Å². The van der Waals surface area contributed by atoms with Crippen LogP contribution in [0.1, 0.15) is 16.1 Å². The third-order valence-electron chi connectivity index (χ3n) is 2.50. The van der Waals surface area contributed by atoms with Crippen LogP contribution in [0.25, 0.3) is 0 Å². The standard InChI is InChI=1S/C13H10FN3O2S/c14-9-5-4-7(6-8(9)12(15)20)16-13(19)10-2-1-3-11(18)17-10/h1-6H,(H2,15,20)(H,16,19)(H,17,18). The number of hydrogen-bond donors (Lipinski definition) is 3. The minimum absolute atomic E-state index is 0.0411. The highest BCUT2D eigenvalue weighted by atomic mass is 32.1. The molecule has 0 atom stereocenters. The molecule has 0 saturated carbocycles. The predicted octanol–water partition coefficient (Wildman–Crippen LogP) is 1.40. The Hall–Kier alpha value is -2.54. The number of aromatic nitrogens is 1. The van der Waals surface area contributed by atoms with Crippen molar-refractivity contribution in [3.8, 4) is 0 Å². The maximum atomic E-state index is 13.4. The average Bonchev–Trinajstić information content (AvgIpc) is 2.40. The molecule has 4 N–H and O–H groups in total. The molecule has 5 nitrogen and oxygen atoms in total. The summed E-state index contributed by atoms with van der Waals surface area (Å²) in [6, 6.07) is 8.05. The molecule has 20 heavy (non-hydrogen) atoms. The Morgan fingerprint density at radius 1 is 1.30 bits per heavy atom. The van der Waals surface area contributed by atoms with Crippen molar-refractivity contribution in [2.75, 3.05) is 5.32 Å². The van der Waals surface area contributed by atoms with Gasteiger partial charge in [-0.15, -0.1) is 0 Å². The van der Waals surface area contributed by atoms with Crippen molar-refractivity contribution >= 4 is 28.8 Å². The van der Waals surface area contributed by atoms with Crippen LogP contribution < -0.4 is 16.6 Å². The third kappa shape index (κ3) is 3.07. The monoisotopic (exact) mass is 291 g/mol. The Balaban J connectivity index is 2.26. The summed E-state index contributed by atoms with van der Waals surface area (Å²) < 4.78 is 13.4. The van der Waals surface area contributed by atoms with E-state index < -0.39 is 11.7 Å². The second-order valence-corrected chi connectivity index (χ2v) is 4.38. The molecule has 0 unspecified atom stereocenters. The first-order chi connectivity index (χ1) is 9.47. The van der Waals surface area contributed by atoms with Crippen LogP contribution in [0.3, 0.4) is 0 Å². The summed E-state index contributed by atoms with van der Waals surface area (Å²) in [6.45, 7) is 0. The van der Waals surface area contributed by atoms with Gasteiger partial charge in [0.05, 0.1) is 0 Å². The number of halogens is 1. The van der Waals surface area contributed by atoms with Gasteiger partial charge in [-0.25, -0.2) is 4.39 Å². The molecule has 2 aromatic rings. The number of rotatable bonds is 3. The summed E-state index contributed by atoms with van der Waals surface area (Å²) >= 11 is 4.71. The summed E-state index contributed by atoms with van der Waals surface area (Å²) in [7, 11) is 0. The number of H-pyrrole nitrogens is 1. The van der Waals surface area contributed by atoms with Crippen LogP contribution in [0.4, 0.5) is 10.1 Å². The molecule has 1 heterocycles. The fraction of sp³-hybridized carbons (Fsp3) is 0. The van der Waals surface area contributed by atoms with E-state index in [9.17, 15) is 14.0 Å². The molecule has 0 aliphatic rings. The lowest BCUT2D eigenvalue weighted by Gasteiger charge is -2.07. The first kappa shape index (κ1) is 13.9. The van der Waals surface area contributed by atoms with E-state index in [4.69, 9.17) is 18.0 Å². The first-order valence-corrected chi connectivity index (χ1v) is 5.98. The highest BCUT2D eigenvalue weighted by Crippen LogP contribution is 2.15. The SMILES string of the molecule is NC(=S)c1cc(NC(=O)c2cccc(=O)[nH]2)ccc1F. The average molecular weight is 291 g/mol. The number of amides is 1. The molecule has 0 fully saturated rings. The van der Waals surface area contributed by atoms with Crippen molar-refractivity contribution < 1.29 is 9.18 Å². The van der Waals surface area contributed by atoms with Crippen molar-refractivity contribution in [2.24, 2.45) is 5.73 Å². The molecular formula is C13H10FN3O2S. The number of hydrogen-bond acceptors (Lipinski definition) is 3. The number of thiocarbonyl (C=S) groups is 1. The Morgan fingerprint density at radius 2 is 2.05 bits per heavy atom. The molecule has 1 aromatic carbocycles. The summed E-state index contributed by atoms with van der Waals surface area (Å²) in [6.07, 6.45) is 0. The maximum Gasteiger partial charge on any atom is 0.272 e. The van der Waals surface area contributed by atoms with E-state index in [1.54, 1.807) is 0 Å². The maximum absolute atomic E-state index is 13.4. The van der Waals surface area contributed by atoms with Gasteiger partial charge in [-0.2, -0.15) is 0 Å². The minimum Gasteiger partial charge on any atom is -0.389 e. The lowest BCUT2D eigenvalue weighted by molar-refractivity contribution is 0.102. The van der Waals surface area contributed by atoms with E-state index in [0.29, 0.717) is 5.69 Å². The van der Waals surface area contributed by atoms with Gasteiger partial charge in [-0.3, -0.25) is 9.59 Å². The largest absolute Gasteiger partial charge is 0.389 e. The topological polar surface area (TPSA) is 88.0 Å². The second-order valence-electron chi connectivity index (χ2n) is 3.94. The highest BCUT2D eigenvalue weighted by molar-refractivity contribution is 7.80. The lowest BCUT2D eigenvalue weighted by atomic mass is 10.2.